The number of hydrogen-bond acceptors (Lipinski definition) is 2. The Morgan fingerprint density at radius 3 is 2.95 bits per heavy atom. The number of aryl methyl sites for hydroxylation is 1. The maximum atomic E-state index is 5.46. The molecular weight excluding hydrogens is 314 g/mol. The van der Waals surface area contributed by atoms with Gasteiger partial charge in [0.25, 0.3) is 0 Å². The van der Waals surface area contributed by atoms with Crippen molar-refractivity contribution in [2.24, 2.45) is 0 Å². The molecule has 3 heteroatoms. The van der Waals surface area contributed by atoms with Crippen molar-refractivity contribution in [2.45, 2.75) is 25.3 Å². The molecule has 1 N–H and O–H groups in total. The summed E-state index contributed by atoms with van der Waals surface area (Å²) in [5, 5.41) is 3.65. The van der Waals surface area contributed by atoms with Crippen molar-refractivity contribution in [1.82, 2.24) is 0 Å². The third kappa shape index (κ3) is 2.83. The molecule has 0 bridgehead atoms. The third-order valence-electron chi connectivity index (χ3n) is 3.85. The van der Waals surface area contributed by atoms with Crippen molar-refractivity contribution in [1.29, 1.82) is 0 Å². The molecule has 1 atom stereocenters. The molecule has 1 unspecified atom stereocenters. The fourth-order valence-corrected chi connectivity index (χ4v) is 3.23. The predicted octanol–water partition coefficient (Wildman–Crippen LogP) is 4.43. The average molecular weight is 332 g/mol. The van der Waals surface area contributed by atoms with Gasteiger partial charge in [-0.2, -0.15) is 0 Å². The van der Waals surface area contributed by atoms with Gasteiger partial charge in [-0.25, -0.2) is 0 Å². The van der Waals surface area contributed by atoms with Gasteiger partial charge in [-0.05, 0) is 54.7 Å². The normalized spacial score (nSPS) is 17.2. The van der Waals surface area contributed by atoms with E-state index in [0.29, 0.717) is 6.04 Å². The molecule has 0 fully saturated rings. The number of nitrogens with one attached hydrogen (secondary N) is 1. The van der Waals surface area contributed by atoms with Gasteiger partial charge in [0.15, 0.2) is 0 Å². The summed E-state index contributed by atoms with van der Waals surface area (Å²) < 4.78 is 6.56. The van der Waals surface area contributed by atoms with Gasteiger partial charge in [0, 0.05) is 16.2 Å². The van der Waals surface area contributed by atoms with E-state index in [4.69, 9.17) is 4.74 Å². The number of methoxy groups -OCH3 is 1. The van der Waals surface area contributed by atoms with Crippen LogP contribution in [0, 0.1) is 0 Å². The van der Waals surface area contributed by atoms with Crippen LogP contribution in [0.5, 0.6) is 5.75 Å². The number of hydrogen-bond donors (Lipinski definition) is 1. The Bertz CT molecular complexity index is 612. The maximum absolute atomic E-state index is 5.46. The first kappa shape index (κ1) is 13.5. The van der Waals surface area contributed by atoms with E-state index in [0.717, 1.165) is 29.5 Å². The maximum Gasteiger partial charge on any atom is 0.122 e. The number of ether oxygens (including phenoxy) is 1. The van der Waals surface area contributed by atoms with E-state index >= 15 is 0 Å². The van der Waals surface area contributed by atoms with Gasteiger partial charge < -0.3 is 10.1 Å². The van der Waals surface area contributed by atoms with Crippen molar-refractivity contribution in [3.05, 3.63) is 58.1 Å². The quantitative estimate of drug-likeness (QED) is 0.898. The Morgan fingerprint density at radius 2 is 2.10 bits per heavy atom. The minimum Gasteiger partial charge on any atom is -0.496 e. The van der Waals surface area contributed by atoms with Crippen LogP contribution in [0.4, 0.5) is 5.69 Å². The van der Waals surface area contributed by atoms with E-state index in [9.17, 15) is 0 Å². The first-order valence-electron chi connectivity index (χ1n) is 6.93. The van der Waals surface area contributed by atoms with Crippen LogP contribution in [0.25, 0.3) is 0 Å². The fourth-order valence-electron chi connectivity index (χ4n) is 2.83. The molecule has 0 amide bonds. The minimum absolute atomic E-state index is 0.466. The molecule has 0 spiro atoms. The summed E-state index contributed by atoms with van der Waals surface area (Å²) in [5.41, 5.74) is 3.95. The van der Waals surface area contributed by atoms with E-state index in [1.165, 1.54) is 16.8 Å². The minimum atomic E-state index is 0.466. The topological polar surface area (TPSA) is 21.3 Å². The van der Waals surface area contributed by atoms with Crippen LogP contribution in [-0.4, -0.2) is 13.2 Å². The first-order valence-corrected chi connectivity index (χ1v) is 7.72. The van der Waals surface area contributed by atoms with Gasteiger partial charge in [-0.3, -0.25) is 0 Å². The lowest BCUT2D eigenvalue weighted by Gasteiger charge is -2.27. The van der Waals surface area contributed by atoms with Crippen LogP contribution in [0.3, 0.4) is 0 Å². The fraction of sp³-hybridized carbons (Fsp3) is 0.294. The molecule has 0 saturated carbocycles. The zero-order chi connectivity index (χ0) is 13.9. The molecule has 104 valence electrons. The Kier molecular flexibility index (Phi) is 3.97. The zero-order valence-corrected chi connectivity index (χ0v) is 13.1. The van der Waals surface area contributed by atoms with Crippen LogP contribution in [0.2, 0.25) is 0 Å². The van der Waals surface area contributed by atoms with E-state index < -0.39 is 0 Å². The van der Waals surface area contributed by atoms with Crippen LogP contribution in [0.15, 0.2) is 46.9 Å². The second-order valence-electron chi connectivity index (χ2n) is 5.20. The highest BCUT2D eigenvalue weighted by atomic mass is 79.9. The molecular formula is C17H18BrNO. The smallest absolute Gasteiger partial charge is 0.122 e. The van der Waals surface area contributed by atoms with Crippen LogP contribution >= 0.6 is 15.9 Å². The van der Waals surface area contributed by atoms with Crippen LogP contribution < -0.4 is 10.1 Å². The van der Waals surface area contributed by atoms with Crippen molar-refractivity contribution in [2.75, 3.05) is 12.4 Å². The summed E-state index contributed by atoms with van der Waals surface area (Å²) >= 11 is 3.54. The molecule has 1 aliphatic rings. The molecule has 0 saturated heterocycles. The predicted molar refractivity (Wildman–Crippen MR) is 86.6 cm³/mol. The van der Waals surface area contributed by atoms with Gasteiger partial charge in [-0.1, -0.05) is 34.1 Å². The van der Waals surface area contributed by atoms with Gasteiger partial charge in [0.1, 0.15) is 5.75 Å². The van der Waals surface area contributed by atoms with Gasteiger partial charge in [0.2, 0.25) is 0 Å². The Hall–Kier alpha value is -1.48. The number of rotatable bonds is 3. The summed E-state index contributed by atoms with van der Waals surface area (Å²) in [7, 11) is 1.73. The van der Waals surface area contributed by atoms with E-state index in [1.807, 2.05) is 12.1 Å². The van der Waals surface area contributed by atoms with Crippen molar-refractivity contribution in [3.8, 4) is 5.75 Å². The highest BCUT2D eigenvalue weighted by Crippen LogP contribution is 2.29. The molecule has 3 rings (SSSR count). The standard InChI is InChI=1S/C17H18BrNO/c1-20-17-9-7-14(18)10-13(17)11-15-8-6-12-4-2-3-5-16(12)19-15/h2-5,7,9-10,15,19H,6,8,11H2,1H3. The van der Waals surface area contributed by atoms with Crippen molar-refractivity contribution < 1.29 is 4.74 Å². The highest BCUT2D eigenvalue weighted by molar-refractivity contribution is 9.10. The lowest BCUT2D eigenvalue weighted by Crippen LogP contribution is -2.27. The van der Waals surface area contributed by atoms with Gasteiger partial charge >= 0.3 is 0 Å². The van der Waals surface area contributed by atoms with E-state index in [2.05, 4.69) is 51.6 Å². The Labute approximate surface area is 128 Å². The molecule has 2 aromatic carbocycles. The monoisotopic (exact) mass is 331 g/mol. The SMILES string of the molecule is COc1ccc(Br)cc1CC1CCc2ccccc2N1. The summed E-state index contributed by atoms with van der Waals surface area (Å²) in [5.74, 6) is 0.967. The lowest BCUT2D eigenvalue weighted by atomic mass is 9.93. The molecule has 1 heterocycles. The second-order valence-corrected chi connectivity index (χ2v) is 6.11. The van der Waals surface area contributed by atoms with E-state index in [1.54, 1.807) is 7.11 Å². The molecule has 0 aromatic heterocycles. The highest BCUT2D eigenvalue weighted by Gasteiger charge is 2.19. The first-order chi connectivity index (χ1) is 9.76. The van der Waals surface area contributed by atoms with Crippen LogP contribution in [-0.2, 0) is 12.8 Å². The molecule has 0 aliphatic carbocycles. The van der Waals surface area contributed by atoms with E-state index in [-0.39, 0.29) is 0 Å². The zero-order valence-electron chi connectivity index (χ0n) is 11.5. The van der Waals surface area contributed by atoms with Gasteiger partial charge in [0.05, 0.1) is 7.11 Å². The lowest BCUT2D eigenvalue weighted by molar-refractivity contribution is 0.407. The summed E-state index contributed by atoms with van der Waals surface area (Å²) in [6.45, 7) is 0. The summed E-state index contributed by atoms with van der Waals surface area (Å²) in [6, 6.07) is 15.2. The summed E-state index contributed by atoms with van der Waals surface area (Å²) in [6.07, 6.45) is 3.29. The number of benzene rings is 2. The van der Waals surface area contributed by atoms with Crippen molar-refractivity contribution in [3.63, 3.8) is 0 Å². The van der Waals surface area contributed by atoms with Crippen LogP contribution in [0.1, 0.15) is 17.5 Å². The molecule has 1 aliphatic heterocycles. The van der Waals surface area contributed by atoms with Crippen molar-refractivity contribution >= 4 is 21.6 Å². The Balaban J connectivity index is 1.78. The van der Waals surface area contributed by atoms with Gasteiger partial charge in [-0.15, -0.1) is 0 Å². The molecule has 2 nitrogen and oxygen atoms in total. The second kappa shape index (κ2) is 5.88. The molecule has 2 aromatic rings. The summed E-state index contributed by atoms with van der Waals surface area (Å²) in [4.78, 5) is 0. The Morgan fingerprint density at radius 1 is 1.25 bits per heavy atom. The number of fused-ring (bicyclic) bond motifs is 1. The number of halogens is 1. The number of para-hydroxylation sites is 1. The largest absolute Gasteiger partial charge is 0.496 e. The number of anilines is 1. The molecule has 20 heavy (non-hydrogen) atoms. The molecule has 0 radical (unpaired) electrons. The third-order valence-corrected chi connectivity index (χ3v) is 4.34. The average Bonchev–Trinajstić information content (AvgIpc) is 2.47.